The van der Waals surface area contributed by atoms with Crippen molar-refractivity contribution in [2.45, 2.75) is 26.3 Å². The van der Waals surface area contributed by atoms with Crippen LogP contribution in [-0.4, -0.2) is 37.4 Å². The maximum atomic E-state index is 11.6. The minimum atomic E-state index is -0.0651. The molecule has 0 aliphatic carbocycles. The van der Waals surface area contributed by atoms with E-state index in [1.807, 2.05) is 0 Å². The molecule has 12 heavy (non-hydrogen) atoms. The van der Waals surface area contributed by atoms with Gasteiger partial charge in [0.25, 0.3) is 0 Å². The molecule has 1 rings (SSSR count). The Hall–Kier alpha value is -0.120. The van der Waals surface area contributed by atoms with Crippen molar-refractivity contribution < 1.29 is 4.65 Å². The third kappa shape index (κ3) is 3.09. The molecule has 2 atom stereocenters. The van der Waals surface area contributed by atoms with Crippen LogP contribution in [-0.2, 0) is 0 Å². The molecule has 0 amide bonds. The first-order chi connectivity index (χ1) is 5.49. The Kier molecular flexibility index (Phi) is 3.09. The number of rotatable bonds is 2. The second kappa shape index (κ2) is 3.73. The molecule has 0 aromatic rings. The Morgan fingerprint density at radius 1 is 1.58 bits per heavy atom. The van der Waals surface area contributed by atoms with Crippen molar-refractivity contribution in [3.05, 3.63) is 5.21 Å². The third-order valence-corrected chi connectivity index (χ3v) is 2.38. The Labute approximate surface area is 74.9 Å². The molecule has 0 aromatic carbocycles. The first-order valence-corrected chi connectivity index (χ1v) is 4.78. The Morgan fingerprint density at radius 3 is 2.75 bits per heavy atom. The van der Waals surface area contributed by atoms with Gasteiger partial charge in [-0.1, -0.05) is 13.8 Å². The standard InChI is InChI=1S/C9H20N2O/c1-8(2)6-9-7-11(3,12)5-4-10-9/h8-10H,4-7H2,1-3H3. The van der Waals surface area contributed by atoms with Crippen molar-refractivity contribution in [1.82, 2.24) is 5.32 Å². The van der Waals surface area contributed by atoms with Gasteiger partial charge in [-0.05, 0) is 12.3 Å². The maximum Gasteiger partial charge on any atom is 0.0938 e. The number of quaternary nitrogens is 1. The van der Waals surface area contributed by atoms with Crippen LogP contribution >= 0.6 is 0 Å². The lowest BCUT2D eigenvalue weighted by Crippen LogP contribution is -2.57. The van der Waals surface area contributed by atoms with Crippen LogP contribution in [0.3, 0.4) is 0 Å². The van der Waals surface area contributed by atoms with E-state index < -0.39 is 0 Å². The van der Waals surface area contributed by atoms with E-state index in [4.69, 9.17) is 0 Å². The summed E-state index contributed by atoms with van der Waals surface area (Å²) < 4.78 is -0.0651. The van der Waals surface area contributed by atoms with Gasteiger partial charge in [0.05, 0.1) is 26.2 Å². The summed E-state index contributed by atoms with van der Waals surface area (Å²) in [4.78, 5) is 0. The minimum Gasteiger partial charge on any atom is -0.633 e. The maximum absolute atomic E-state index is 11.6. The highest BCUT2D eigenvalue weighted by molar-refractivity contribution is 4.72. The summed E-state index contributed by atoms with van der Waals surface area (Å²) in [5.41, 5.74) is 0. The number of hydroxylamine groups is 3. The average molecular weight is 172 g/mol. The second-order valence-electron chi connectivity index (χ2n) is 4.48. The first kappa shape index (κ1) is 9.96. The second-order valence-corrected chi connectivity index (χ2v) is 4.48. The number of hydrogen-bond donors (Lipinski definition) is 1. The van der Waals surface area contributed by atoms with Gasteiger partial charge >= 0.3 is 0 Å². The fraction of sp³-hybridized carbons (Fsp3) is 1.00. The molecule has 3 heteroatoms. The molecule has 3 nitrogen and oxygen atoms in total. The Balaban J connectivity index is 2.36. The van der Waals surface area contributed by atoms with E-state index in [1.54, 1.807) is 7.05 Å². The van der Waals surface area contributed by atoms with Crippen molar-refractivity contribution >= 4 is 0 Å². The zero-order valence-corrected chi connectivity index (χ0v) is 8.34. The number of piperazine rings is 1. The quantitative estimate of drug-likeness (QED) is 0.497. The Bertz CT molecular complexity index is 145. The van der Waals surface area contributed by atoms with Gasteiger partial charge in [0.1, 0.15) is 0 Å². The van der Waals surface area contributed by atoms with Crippen molar-refractivity contribution in [2.24, 2.45) is 5.92 Å². The highest BCUT2D eigenvalue weighted by atomic mass is 16.5. The van der Waals surface area contributed by atoms with Gasteiger partial charge in [-0.25, -0.2) is 0 Å². The summed E-state index contributed by atoms with van der Waals surface area (Å²) in [5, 5.41) is 15.0. The number of hydrogen-bond acceptors (Lipinski definition) is 2. The summed E-state index contributed by atoms with van der Waals surface area (Å²) in [7, 11) is 1.77. The summed E-state index contributed by atoms with van der Waals surface area (Å²) in [6, 6.07) is 0.432. The van der Waals surface area contributed by atoms with Crippen LogP contribution in [0.5, 0.6) is 0 Å². The summed E-state index contributed by atoms with van der Waals surface area (Å²) >= 11 is 0. The van der Waals surface area contributed by atoms with Crippen molar-refractivity contribution in [3.63, 3.8) is 0 Å². The van der Waals surface area contributed by atoms with Crippen LogP contribution in [0.1, 0.15) is 20.3 Å². The van der Waals surface area contributed by atoms with Crippen LogP contribution in [0, 0.1) is 11.1 Å². The molecule has 0 aromatic heterocycles. The van der Waals surface area contributed by atoms with Gasteiger partial charge in [0.15, 0.2) is 0 Å². The van der Waals surface area contributed by atoms with Gasteiger partial charge in [-0.3, -0.25) is 0 Å². The number of likely N-dealkylation sites (N-methyl/N-ethyl adjacent to an activating group) is 1. The van der Waals surface area contributed by atoms with Gasteiger partial charge in [-0.15, -0.1) is 0 Å². The predicted molar refractivity (Wildman–Crippen MR) is 50.5 cm³/mol. The van der Waals surface area contributed by atoms with Gasteiger partial charge in [0.2, 0.25) is 0 Å². The molecule has 2 unspecified atom stereocenters. The summed E-state index contributed by atoms with van der Waals surface area (Å²) in [5.74, 6) is 0.681. The van der Waals surface area contributed by atoms with Crippen molar-refractivity contribution in [3.8, 4) is 0 Å². The fourth-order valence-corrected chi connectivity index (χ4v) is 1.85. The van der Waals surface area contributed by atoms with Crippen molar-refractivity contribution in [2.75, 3.05) is 26.7 Å². The smallest absolute Gasteiger partial charge is 0.0938 e. The molecule has 1 saturated heterocycles. The number of nitrogens with one attached hydrogen (secondary N) is 1. The highest BCUT2D eigenvalue weighted by Gasteiger charge is 2.24. The summed E-state index contributed by atoms with van der Waals surface area (Å²) in [6.07, 6.45) is 1.12. The Morgan fingerprint density at radius 2 is 2.25 bits per heavy atom. The average Bonchev–Trinajstić information content (AvgIpc) is 1.82. The van der Waals surface area contributed by atoms with Crippen LogP contribution in [0.25, 0.3) is 0 Å². The van der Waals surface area contributed by atoms with Gasteiger partial charge in [-0.2, -0.15) is 0 Å². The van der Waals surface area contributed by atoms with E-state index in [-0.39, 0.29) is 4.65 Å². The molecule has 0 saturated carbocycles. The molecule has 0 radical (unpaired) electrons. The molecular formula is C9H20N2O. The van der Waals surface area contributed by atoms with Crippen LogP contribution in [0.4, 0.5) is 0 Å². The van der Waals surface area contributed by atoms with E-state index in [0.717, 1.165) is 19.5 Å². The van der Waals surface area contributed by atoms with Crippen LogP contribution in [0.15, 0.2) is 0 Å². The lowest BCUT2D eigenvalue weighted by Gasteiger charge is -2.45. The van der Waals surface area contributed by atoms with Crippen LogP contribution in [0.2, 0.25) is 0 Å². The van der Waals surface area contributed by atoms with Crippen molar-refractivity contribution in [1.29, 1.82) is 0 Å². The topological polar surface area (TPSA) is 35.1 Å². The molecule has 1 aliphatic heterocycles. The SMILES string of the molecule is CC(C)CC1C[N+](C)([O-])CCN1. The fourth-order valence-electron chi connectivity index (χ4n) is 1.85. The highest BCUT2D eigenvalue weighted by Crippen LogP contribution is 2.12. The molecule has 0 bridgehead atoms. The molecule has 1 heterocycles. The molecule has 1 fully saturated rings. The minimum absolute atomic E-state index is 0.0651. The normalized spacial score (nSPS) is 37.2. The van der Waals surface area contributed by atoms with E-state index in [9.17, 15) is 5.21 Å². The van der Waals surface area contributed by atoms with E-state index in [2.05, 4.69) is 19.2 Å². The molecule has 72 valence electrons. The largest absolute Gasteiger partial charge is 0.633 e. The molecular weight excluding hydrogens is 152 g/mol. The number of nitrogens with zero attached hydrogens (tertiary/aromatic N) is 1. The van der Waals surface area contributed by atoms with E-state index in [1.165, 1.54) is 0 Å². The molecule has 1 aliphatic rings. The zero-order valence-electron chi connectivity index (χ0n) is 8.34. The third-order valence-electron chi connectivity index (χ3n) is 2.38. The van der Waals surface area contributed by atoms with E-state index >= 15 is 0 Å². The summed E-state index contributed by atoms with van der Waals surface area (Å²) in [6.45, 7) is 6.72. The van der Waals surface area contributed by atoms with E-state index in [0.29, 0.717) is 18.5 Å². The molecule has 0 spiro atoms. The monoisotopic (exact) mass is 172 g/mol. The van der Waals surface area contributed by atoms with Gasteiger partial charge < -0.3 is 15.2 Å². The first-order valence-electron chi connectivity index (χ1n) is 4.78. The lowest BCUT2D eigenvalue weighted by atomic mass is 10.0. The molecule has 1 N–H and O–H groups in total. The zero-order chi connectivity index (χ0) is 9.19. The predicted octanol–water partition coefficient (Wildman–Crippen LogP) is 0.949. The van der Waals surface area contributed by atoms with Crippen LogP contribution < -0.4 is 5.32 Å². The lowest BCUT2D eigenvalue weighted by molar-refractivity contribution is -0.865. The van der Waals surface area contributed by atoms with Gasteiger partial charge in [0, 0.05) is 6.54 Å².